The normalized spacial score (nSPS) is 12.4. The molecular formula is C46H34FN4OPt-3. The third-order valence-electron chi connectivity index (χ3n) is 9.62. The first-order valence-electron chi connectivity index (χ1n) is 17.4. The molecule has 0 saturated heterocycles. The maximum Gasteiger partial charge on any atom is 0.135 e. The van der Waals surface area contributed by atoms with E-state index in [-0.39, 0.29) is 26.9 Å². The van der Waals surface area contributed by atoms with Crippen molar-refractivity contribution in [3.63, 3.8) is 0 Å². The maximum atomic E-state index is 13.9. The summed E-state index contributed by atoms with van der Waals surface area (Å²) in [4.78, 5) is 8.96. The molecule has 1 aliphatic heterocycles. The van der Waals surface area contributed by atoms with Crippen molar-refractivity contribution >= 4 is 44.6 Å². The summed E-state index contributed by atoms with van der Waals surface area (Å²) in [5.41, 5.74) is 10.0. The van der Waals surface area contributed by atoms with Crippen molar-refractivity contribution in [2.45, 2.75) is 26.7 Å². The molecule has 9 rings (SSSR count). The zero-order valence-electron chi connectivity index (χ0n) is 29.3. The second-order valence-corrected chi connectivity index (χ2v) is 13.5. The van der Waals surface area contributed by atoms with Crippen LogP contribution >= 0.6 is 0 Å². The molecule has 2 aromatic heterocycles. The number of pyridine rings is 1. The van der Waals surface area contributed by atoms with Crippen LogP contribution in [-0.2, 0) is 21.1 Å². The topological polar surface area (TPSA) is 33.5 Å². The van der Waals surface area contributed by atoms with Crippen molar-refractivity contribution in [3.8, 4) is 28.4 Å². The van der Waals surface area contributed by atoms with E-state index in [1.165, 1.54) is 17.7 Å². The Kier molecular flexibility index (Phi) is 9.09. The van der Waals surface area contributed by atoms with Gasteiger partial charge in [0.2, 0.25) is 0 Å². The summed E-state index contributed by atoms with van der Waals surface area (Å²) in [7, 11) is 0. The van der Waals surface area contributed by atoms with Gasteiger partial charge in [-0.3, -0.25) is 0 Å². The van der Waals surface area contributed by atoms with Gasteiger partial charge in [0.1, 0.15) is 11.6 Å². The summed E-state index contributed by atoms with van der Waals surface area (Å²) in [5, 5.41) is 2.20. The van der Waals surface area contributed by atoms with Crippen LogP contribution in [0.4, 0.5) is 27.1 Å². The van der Waals surface area contributed by atoms with Crippen molar-refractivity contribution in [3.05, 3.63) is 175 Å². The Morgan fingerprint density at radius 1 is 0.698 bits per heavy atom. The summed E-state index contributed by atoms with van der Waals surface area (Å²) < 4.78 is 22.8. The van der Waals surface area contributed by atoms with Crippen LogP contribution in [0.25, 0.3) is 38.8 Å². The Labute approximate surface area is 323 Å². The number of hydrogen-bond acceptors (Lipinski definition) is 4. The molecule has 0 bridgehead atoms. The molecule has 8 aromatic rings. The van der Waals surface area contributed by atoms with Gasteiger partial charge in [-0.2, -0.15) is 6.07 Å². The number of halogens is 1. The Bertz CT molecular complexity index is 2620. The molecule has 0 aliphatic carbocycles. The minimum Gasteiger partial charge on any atom is -0.509 e. The fourth-order valence-electron chi connectivity index (χ4n) is 7.02. The molecular weight excluding hydrogens is 839 g/mol. The molecule has 0 radical (unpaired) electrons. The average molecular weight is 873 g/mol. The molecule has 1 aliphatic rings. The molecule has 0 unspecified atom stereocenters. The average Bonchev–Trinajstić information content (AvgIpc) is 3.71. The van der Waals surface area contributed by atoms with Gasteiger partial charge in [0.15, 0.2) is 0 Å². The van der Waals surface area contributed by atoms with Crippen molar-refractivity contribution in [1.82, 2.24) is 9.55 Å². The minimum absolute atomic E-state index is 0. The van der Waals surface area contributed by atoms with E-state index in [9.17, 15) is 4.39 Å². The third-order valence-corrected chi connectivity index (χ3v) is 9.62. The first kappa shape index (κ1) is 34.4. The second kappa shape index (κ2) is 14.0. The van der Waals surface area contributed by atoms with E-state index in [0.717, 1.165) is 67.1 Å². The number of rotatable bonds is 7. The quantitative estimate of drug-likeness (QED) is 0.149. The monoisotopic (exact) mass is 872 g/mol. The van der Waals surface area contributed by atoms with E-state index in [2.05, 4.69) is 132 Å². The summed E-state index contributed by atoms with van der Waals surface area (Å²) in [5.74, 6) is 2.06. The molecule has 0 amide bonds. The minimum atomic E-state index is -0.273. The molecule has 0 saturated carbocycles. The Morgan fingerprint density at radius 3 is 2.26 bits per heavy atom. The number of para-hydroxylation sites is 3. The summed E-state index contributed by atoms with van der Waals surface area (Å²) in [6.45, 7) is 8.49. The van der Waals surface area contributed by atoms with Crippen molar-refractivity contribution in [1.29, 1.82) is 0 Å². The van der Waals surface area contributed by atoms with Crippen LogP contribution in [0.1, 0.15) is 30.9 Å². The van der Waals surface area contributed by atoms with E-state index in [4.69, 9.17) is 9.72 Å². The Hall–Kier alpha value is -5.71. The number of nitrogens with zero attached hydrogens (tertiary/aromatic N) is 4. The Morgan fingerprint density at radius 2 is 1.47 bits per heavy atom. The number of ether oxygens (including phenoxy) is 1. The van der Waals surface area contributed by atoms with Crippen molar-refractivity contribution < 1.29 is 30.2 Å². The van der Waals surface area contributed by atoms with Crippen molar-refractivity contribution in [2.75, 3.05) is 9.80 Å². The van der Waals surface area contributed by atoms with E-state index in [1.807, 2.05) is 37.1 Å². The van der Waals surface area contributed by atoms with Crippen LogP contribution in [0.2, 0.25) is 0 Å². The van der Waals surface area contributed by atoms with E-state index >= 15 is 0 Å². The van der Waals surface area contributed by atoms with E-state index < -0.39 is 0 Å². The van der Waals surface area contributed by atoms with Gasteiger partial charge in [0, 0.05) is 61.3 Å². The van der Waals surface area contributed by atoms with Gasteiger partial charge >= 0.3 is 0 Å². The molecule has 264 valence electrons. The summed E-state index contributed by atoms with van der Waals surface area (Å²) in [6, 6.07) is 51.1. The van der Waals surface area contributed by atoms with Crippen LogP contribution in [0, 0.1) is 31.5 Å². The molecule has 0 N–H and O–H groups in total. The van der Waals surface area contributed by atoms with Gasteiger partial charge in [0.05, 0.1) is 0 Å². The molecule has 0 fully saturated rings. The zero-order valence-corrected chi connectivity index (χ0v) is 31.6. The predicted octanol–water partition coefficient (Wildman–Crippen LogP) is 12.2. The van der Waals surface area contributed by atoms with E-state index in [1.54, 1.807) is 12.1 Å². The van der Waals surface area contributed by atoms with Gasteiger partial charge in [0.25, 0.3) is 0 Å². The van der Waals surface area contributed by atoms with Crippen molar-refractivity contribution in [2.24, 2.45) is 0 Å². The van der Waals surface area contributed by atoms with Gasteiger partial charge in [-0.05, 0) is 84.0 Å². The predicted molar refractivity (Wildman–Crippen MR) is 208 cm³/mol. The SMILES string of the molecule is Cc1cccc(-c2cc(Oc3[c-]c4c(cc3)c3ccccc3n4-c3cc(C(C)C)ccn3)[c-]c(N3[CH-]N(c4ccc(F)cc4)c4ccccc43)c2)c1.[Pt]. The molecule has 7 heteroatoms. The molecule has 6 aromatic carbocycles. The van der Waals surface area contributed by atoms with Crippen LogP contribution in [0.15, 0.2) is 140 Å². The molecule has 0 spiro atoms. The fraction of sp³-hybridized carbons (Fsp3) is 0.0870. The van der Waals surface area contributed by atoms with Crippen LogP contribution < -0.4 is 14.5 Å². The van der Waals surface area contributed by atoms with Gasteiger partial charge in [-0.1, -0.05) is 79.5 Å². The smallest absolute Gasteiger partial charge is 0.135 e. The molecule has 0 atom stereocenters. The molecule has 53 heavy (non-hydrogen) atoms. The van der Waals surface area contributed by atoms with E-state index in [0.29, 0.717) is 17.4 Å². The number of aromatic nitrogens is 2. The molecule has 3 heterocycles. The number of aryl methyl sites for hydroxylation is 1. The molecule has 5 nitrogen and oxygen atoms in total. The first-order chi connectivity index (χ1) is 25.4. The number of anilines is 4. The fourth-order valence-corrected chi connectivity index (χ4v) is 7.02. The summed E-state index contributed by atoms with van der Waals surface area (Å²) >= 11 is 0. The van der Waals surface area contributed by atoms with Gasteiger partial charge in [-0.25, -0.2) is 9.37 Å². The number of benzene rings is 6. The number of fused-ring (bicyclic) bond motifs is 4. The van der Waals surface area contributed by atoms with Crippen LogP contribution in [0.5, 0.6) is 11.5 Å². The maximum absolute atomic E-state index is 13.9. The largest absolute Gasteiger partial charge is 0.509 e. The third kappa shape index (κ3) is 6.38. The Balaban J connectivity index is 0.00000400. The zero-order chi connectivity index (χ0) is 35.3. The first-order valence-corrected chi connectivity index (χ1v) is 17.4. The van der Waals surface area contributed by atoms with Crippen LogP contribution in [0.3, 0.4) is 0 Å². The van der Waals surface area contributed by atoms with Gasteiger partial charge < -0.3 is 19.1 Å². The van der Waals surface area contributed by atoms with Crippen LogP contribution in [-0.4, -0.2) is 9.55 Å². The van der Waals surface area contributed by atoms with Gasteiger partial charge in [-0.15, -0.1) is 53.6 Å². The number of hydrogen-bond donors (Lipinski definition) is 0. The summed E-state index contributed by atoms with van der Waals surface area (Å²) in [6.07, 6.45) is 1.88. The standard InChI is InChI=1S/C46H34FN4O.Pt/c1-30(2)32-21-22-48-46(26-32)51-42-12-5-4-11-40(42)41-20-19-38(28-45(41)51)52-39-25-34(33-10-8-9-31(3)23-33)24-37(27-39)50-29-49(36-17-15-35(47)16-18-36)43-13-6-7-14-44(43)50;/h4-26,29-30H,1-3H3;/q-3;. The second-order valence-electron chi connectivity index (χ2n) is 13.5.